The van der Waals surface area contributed by atoms with E-state index in [1.54, 1.807) is 47.1 Å². The largest absolute Gasteiger partial charge is 0.418 e. The van der Waals surface area contributed by atoms with E-state index in [0.29, 0.717) is 21.2 Å². The summed E-state index contributed by atoms with van der Waals surface area (Å²) in [6.45, 7) is 0. The Morgan fingerprint density at radius 1 is 0.621 bits per heavy atom. The highest BCUT2D eigenvalue weighted by Crippen LogP contribution is 2.48. The van der Waals surface area contributed by atoms with Crippen LogP contribution < -0.4 is 3.11 Å². The molecule has 0 radical (unpaired) electrons. The predicted octanol–water partition coefficient (Wildman–Crippen LogP) is 8.58. The molecule has 3 aromatic carbocycles. The van der Waals surface area contributed by atoms with Crippen molar-refractivity contribution < 1.29 is 26.3 Å². The molecule has 0 bridgehead atoms. The van der Waals surface area contributed by atoms with E-state index in [0.717, 1.165) is 23.5 Å². The zero-order valence-corrected chi connectivity index (χ0v) is 17.2. The number of hydrogen-bond donors (Lipinski definition) is 0. The Morgan fingerprint density at radius 3 is 1.79 bits per heavy atom. The lowest BCUT2D eigenvalue weighted by Gasteiger charge is -2.22. The maximum absolute atomic E-state index is 13.4. The van der Waals surface area contributed by atoms with Gasteiger partial charge in [-0.3, -0.25) is 3.11 Å². The van der Waals surface area contributed by atoms with Crippen LogP contribution in [-0.2, 0) is 12.4 Å². The van der Waals surface area contributed by atoms with Gasteiger partial charge in [-0.1, -0.05) is 36.4 Å². The van der Waals surface area contributed by atoms with Crippen molar-refractivity contribution in [2.45, 2.75) is 12.4 Å². The molecule has 0 spiro atoms. The molecule has 0 saturated heterocycles. The van der Waals surface area contributed by atoms with E-state index < -0.39 is 23.5 Å². The van der Waals surface area contributed by atoms with Gasteiger partial charge in [0, 0.05) is 15.5 Å². The van der Waals surface area contributed by atoms with Crippen molar-refractivity contribution in [3.8, 4) is 0 Å². The standard InChI is InChI=1S/C20H10F6INS/c21-19(22,23)13-7-1-2-9-15(13)28(27)16-10-4-6-12-11-5-3-8-14(20(24,25)26)17(11)29-18(12)16/h1-10H. The number of nitrogens with zero attached hydrogens (tertiary/aromatic N) is 1. The van der Waals surface area contributed by atoms with Gasteiger partial charge < -0.3 is 0 Å². The van der Waals surface area contributed by atoms with Gasteiger partial charge in [0.2, 0.25) is 0 Å². The third kappa shape index (κ3) is 3.54. The van der Waals surface area contributed by atoms with Crippen molar-refractivity contribution in [2.24, 2.45) is 0 Å². The molecule has 1 heterocycles. The summed E-state index contributed by atoms with van der Waals surface area (Å²) in [4.78, 5) is 0. The van der Waals surface area contributed by atoms with Crippen LogP contribution in [0.1, 0.15) is 11.1 Å². The van der Waals surface area contributed by atoms with E-state index in [4.69, 9.17) is 0 Å². The number of alkyl halides is 6. The van der Waals surface area contributed by atoms with E-state index in [9.17, 15) is 26.3 Å². The number of thiophene rings is 1. The molecule has 0 N–H and O–H groups in total. The third-order valence-corrected chi connectivity index (χ3v) is 6.76. The maximum Gasteiger partial charge on any atom is 0.418 e. The molecule has 0 atom stereocenters. The number of fused-ring (bicyclic) bond motifs is 3. The smallest absolute Gasteiger partial charge is 0.281 e. The molecule has 150 valence electrons. The molecule has 29 heavy (non-hydrogen) atoms. The minimum atomic E-state index is -4.56. The summed E-state index contributed by atoms with van der Waals surface area (Å²) >= 11 is 2.68. The summed E-state index contributed by atoms with van der Waals surface area (Å²) in [5.41, 5.74) is -1.25. The SMILES string of the molecule is FC(F)(F)c1ccccc1N(I)c1cccc2c1sc1c(C(F)(F)F)cccc12. The van der Waals surface area contributed by atoms with Crippen LogP contribution in [0.25, 0.3) is 20.2 Å². The number of hydrogen-bond acceptors (Lipinski definition) is 2. The van der Waals surface area contributed by atoms with E-state index in [-0.39, 0.29) is 10.4 Å². The van der Waals surface area contributed by atoms with Gasteiger partial charge in [0.05, 0.1) is 50.1 Å². The van der Waals surface area contributed by atoms with Crippen molar-refractivity contribution in [3.05, 3.63) is 71.8 Å². The number of benzene rings is 3. The Hall–Kier alpha value is -2.01. The van der Waals surface area contributed by atoms with Gasteiger partial charge in [-0.05, 0) is 24.3 Å². The monoisotopic (exact) mass is 537 g/mol. The second kappa shape index (κ2) is 7.05. The van der Waals surface area contributed by atoms with Crippen LogP contribution >= 0.6 is 34.2 Å². The Balaban J connectivity index is 1.97. The topological polar surface area (TPSA) is 3.24 Å². The molecule has 0 saturated carbocycles. The van der Waals surface area contributed by atoms with Crippen LogP contribution in [0.5, 0.6) is 0 Å². The summed E-state index contributed by atoms with van der Waals surface area (Å²) in [6.07, 6.45) is -9.08. The third-order valence-electron chi connectivity index (χ3n) is 4.44. The summed E-state index contributed by atoms with van der Waals surface area (Å²) in [5, 5.41) is 0.996. The van der Waals surface area contributed by atoms with Crippen molar-refractivity contribution in [3.63, 3.8) is 0 Å². The Kier molecular flexibility index (Phi) is 4.93. The maximum atomic E-state index is 13.4. The van der Waals surface area contributed by atoms with E-state index in [1.165, 1.54) is 27.4 Å². The first-order valence-electron chi connectivity index (χ1n) is 8.22. The molecular formula is C20H10F6INS. The highest BCUT2D eigenvalue weighted by molar-refractivity contribution is 14.1. The Bertz CT molecular complexity index is 1210. The molecule has 4 rings (SSSR count). The van der Waals surface area contributed by atoms with Gasteiger partial charge in [0.25, 0.3) is 0 Å². The lowest BCUT2D eigenvalue weighted by atomic mass is 10.1. The Labute approximate surface area is 179 Å². The number of rotatable bonds is 2. The molecule has 0 fully saturated rings. The minimum Gasteiger partial charge on any atom is -0.281 e. The van der Waals surface area contributed by atoms with Gasteiger partial charge >= 0.3 is 12.4 Å². The van der Waals surface area contributed by atoms with Gasteiger partial charge in [0.15, 0.2) is 0 Å². The molecule has 0 unspecified atom stereocenters. The molecular weight excluding hydrogens is 527 g/mol. The van der Waals surface area contributed by atoms with E-state index in [1.807, 2.05) is 0 Å². The normalized spacial score (nSPS) is 12.7. The van der Waals surface area contributed by atoms with Crippen molar-refractivity contribution in [1.29, 1.82) is 0 Å². The van der Waals surface area contributed by atoms with Gasteiger partial charge in [-0.25, -0.2) is 0 Å². The van der Waals surface area contributed by atoms with Gasteiger partial charge in [-0.15, -0.1) is 11.3 Å². The van der Waals surface area contributed by atoms with Crippen LogP contribution in [0.4, 0.5) is 37.7 Å². The van der Waals surface area contributed by atoms with Crippen LogP contribution in [-0.4, -0.2) is 0 Å². The molecule has 1 aromatic heterocycles. The molecule has 1 nitrogen and oxygen atoms in total. The number of anilines is 2. The second-order valence-electron chi connectivity index (χ2n) is 6.23. The van der Waals surface area contributed by atoms with Gasteiger partial charge in [0.1, 0.15) is 0 Å². The van der Waals surface area contributed by atoms with E-state index >= 15 is 0 Å². The van der Waals surface area contributed by atoms with E-state index in [2.05, 4.69) is 0 Å². The van der Waals surface area contributed by atoms with Crippen LogP contribution in [0.15, 0.2) is 60.7 Å². The number of halogens is 7. The second-order valence-corrected chi connectivity index (χ2v) is 8.22. The molecule has 0 aliphatic heterocycles. The molecule has 4 aromatic rings. The highest BCUT2D eigenvalue weighted by atomic mass is 127. The molecule has 0 aliphatic carbocycles. The molecule has 0 aliphatic rings. The predicted molar refractivity (Wildman–Crippen MR) is 112 cm³/mol. The van der Waals surface area contributed by atoms with Crippen molar-refractivity contribution >= 4 is 65.7 Å². The van der Waals surface area contributed by atoms with Crippen LogP contribution in [0.3, 0.4) is 0 Å². The van der Waals surface area contributed by atoms with Crippen molar-refractivity contribution in [2.75, 3.05) is 3.11 Å². The zero-order valence-electron chi connectivity index (χ0n) is 14.3. The molecule has 9 heteroatoms. The van der Waals surface area contributed by atoms with Crippen molar-refractivity contribution in [1.82, 2.24) is 0 Å². The summed E-state index contributed by atoms with van der Waals surface area (Å²) in [5.74, 6) is 0. The van der Waals surface area contributed by atoms with Gasteiger partial charge in [-0.2, -0.15) is 26.3 Å². The summed E-state index contributed by atoms with van der Waals surface area (Å²) in [7, 11) is 0. The minimum absolute atomic E-state index is 0.0661. The fraction of sp³-hybridized carbons (Fsp3) is 0.100. The van der Waals surface area contributed by atoms with Crippen LogP contribution in [0.2, 0.25) is 0 Å². The lowest BCUT2D eigenvalue weighted by molar-refractivity contribution is -0.137. The lowest BCUT2D eigenvalue weighted by Crippen LogP contribution is -2.12. The first-order valence-corrected chi connectivity index (χ1v) is 10.0. The first-order chi connectivity index (χ1) is 13.6. The quantitative estimate of drug-likeness (QED) is 0.141. The summed E-state index contributed by atoms with van der Waals surface area (Å²) < 4.78 is 82.5. The first kappa shape index (κ1) is 20.3. The Morgan fingerprint density at radius 2 is 1.14 bits per heavy atom. The average Bonchev–Trinajstić information content (AvgIpc) is 3.04. The van der Waals surface area contributed by atoms with Crippen LogP contribution in [0, 0.1) is 0 Å². The zero-order chi connectivity index (χ0) is 21.0. The average molecular weight is 537 g/mol. The fourth-order valence-electron chi connectivity index (χ4n) is 3.20. The number of para-hydroxylation sites is 1. The summed E-state index contributed by atoms with van der Waals surface area (Å²) in [6, 6.07) is 14.0. The highest BCUT2D eigenvalue weighted by Gasteiger charge is 2.36. The molecule has 0 amide bonds. The fourth-order valence-corrected chi connectivity index (χ4v) is 5.52.